The van der Waals surface area contributed by atoms with Crippen LogP contribution >= 0.6 is 12.4 Å². The van der Waals surface area contributed by atoms with Crippen LogP contribution in [0.5, 0.6) is 0 Å². The molecule has 0 saturated carbocycles. The van der Waals surface area contributed by atoms with Crippen molar-refractivity contribution in [3.8, 4) is 0 Å². The van der Waals surface area contributed by atoms with Gasteiger partial charge in [-0.2, -0.15) is 0 Å². The van der Waals surface area contributed by atoms with Crippen LogP contribution in [0.15, 0.2) is 30.3 Å². The second-order valence-corrected chi connectivity index (χ2v) is 6.13. The molecule has 4 heteroatoms. The van der Waals surface area contributed by atoms with E-state index in [-0.39, 0.29) is 12.4 Å². The Hall–Kier alpha value is -1.06. The van der Waals surface area contributed by atoms with E-state index < -0.39 is 0 Å². The lowest BCUT2D eigenvalue weighted by molar-refractivity contribution is -0.133. The summed E-state index contributed by atoms with van der Waals surface area (Å²) >= 11 is 0. The van der Waals surface area contributed by atoms with Crippen LogP contribution in [0.4, 0.5) is 0 Å². The second-order valence-electron chi connectivity index (χ2n) is 6.13. The van der Waals surface area contributed by atoms with E-state index in [9.17, 15) is 4.79 Å². The lowest BCUT2D eigenvalue weighted by Gasteiger charge is -2.33. The van der Waals surface area contributed by atoms with Crippen molar-refractivity contribution in [2.24, 2.45) is 5.92 Å². The quantitative estimate of drug-likeness (QED) is 0.931. The number of rotatable bonds is 3. The molecule has 3 rings (SSSR count). The molecule has 0 bridgehead atoms. The lowest BCUT2D eigenvalue weighted by atomic mass is 9.89. The summed E-state index contributed by atoms with van der Waals surface area (Å²) in [5.41, 5.74) is 1.43. The molecule has 1 aromatic carbocycles. The molecule has 0 aromatic heterocycles. The number of hydrogen-bond acceptors (Lipinski definition) is 2. The normalized spacial score (nSPS) is 22.9. The first kappa shape index (κ1) is 16.3. The zero-order valence-corrected chi connectivity index (χ0v) is 13.3. The van der Waals surface area contributed by atoms with E-state index in [0.29, 0.717) is 17.7 Å². The monoisotopic (exact) mass is 308 g/mol. The molecule has 2 aliphatic heterocycles. The number of likely N-dealkylation sites (tertiary alicyclic amines) is 1. The Balaban J connectivity index is 0.00000161. The third-order valence-electron chi connectivity index (χ3n) is 4.74. The molecule has 2 aliphatic rings. The Labute approximate surface area is 133 Å². The Kier molecular flexibility index (Phi) is 6.07. The van der Waals surface area contributed by atoms with E-state index in [1.54, 1.807) is 0 Å². The van der Waals surface area contributed by atoms with Crippen LogP contribution in [0.3, 0.4) is 0 Å². The molecule has 1 atom stereocenters. The first-order valence-corrected chi connectivity index (χ1v) is 7.86. The molecule has 1 aromatic rings. The summed E-state index contributed by atoms with van der Waals surface area (Å²) in [5, 5.41) is 3.34. The van der Waals surface area contributed by atoms with E-state index in [2.05, 4.69) is 40.5 Å². The summed E-state index contributed by atoms with van der Waals surface area (Å²) in [6.45, 7) is 3.96. The van der Waals surface area contributed by atoms with Crippen molar-refractivity contribution in [3.63, 3.8) is 0 Å². The van der Waals surface area contributed by atoms with Crippen molar-refractivity contribution in [2.75, 3.05) is 26.2 Å². The Morgan fingerprint density at radius 2 is 1.86 bits per heavy atom. The predicted octanol–water partition coefficient (Wildman–Crippen LogP) is 2.81. The molecular formula is C17H25ClN2O. The molecule has 2 saturated heterocycles. The maximum absolute atomic E-state index is 12.3. The van der Waals surface area contributed by atoms with Gasteiger partial charge in [-0.25, -0.2) is 0 Å². The Bertz CT molecular complexity index is 437. The second kappa shape index (κ2) is 7.81. The minimum Gasteiger partial charge on any atom is -0.343 e. The first-order valence-electron chi connectivity index (χ1n) is 7.86. The number of benzene rings is 1. The molecule has 116 valence electrons. The average Bonchev–Trinajstić information content (AvgIpc) is 3.01. The Morgan fingerprint density at radius 1 is 1.14 bits per heavy atom. The van der Waals surface area contributed by atoms with E-state index >= 15 is 0 Å². The number of amides is 1. The maximum Gasteiger partial charge on any atom is 0.222 e. The van der Waals surface area contributed by atoms with Crippen LogP contribution in [0, 0.1) is 5.92 Å². The minimum absolute atomic E-state index is 0. The number of piperidine rings is 1. The predicted molar refractivity (Wildman–Crippen MR) is 87.8 cm³/mol. The van der Waals surface area contributed by atoms with Crippen molar-refractivity contribution in [1.82, 2.24) is 10.2 Å². The molecule has 3 nitrogen and oxygen atoms in total. The number of halogens is 1. The van der Waals surface area contributed by atoms with Gasteiger partial charge < -0.3 is 10.2 Å². The van der Waals surface area contributed by atoms with Crippen molar-refractivity contribution < 1.29 is 4.79 Å². The van der Waals surface area contributed by atoms with Crippen LogP contribution in [-0.4, -0.2) is 37.0 Å². The number of carbonyl (C=O) groups is 1. The van der Waals surface area contributed by atoms with Gasteiger partial charge in [0.2, 0.25) is 5.91 Å². The van der Waals surface area contributed by atoms with Crippen molar-refractivity contribution in [3.05, 3.63) is 35.9 Å². The topological polar surface area (TPSA) is 32.3 Å². The number of carbonyl (C=O) groups excluding carboxylic acids is 1. The van der Waals surface area contributed by atoms with Gasteiger partial charge in [0.15, 0.2) is 0 Å². The zero-order chi connectivity index (χ0) is 13.8. The molecule has 0 spiro atoms. The summed E-state index contributed by atoms with van der Waals surface area (Å²) in [6, 6.07) is 10.7. The lowest BCUT2D eigenvalue weighted by Crippen LogP contribution is -2.38. The van der Waals surface area contributed by atoms with Gasteiger partial charge in [0.1, 0.15) is 0 Å². The minimum atomic E-state index is 0. The van der Waals surface area contributed by atoms with Gasteiger partial charge in [-0.05, 0) is 49.8 Å². The molecule has 2 fully saturated rings. The van der Waals surface area contributed by atoms with E-state index in [1.807, 2.05) is 0 Å². The van der Waals surface area contributed by atoms with Gasteiger partial charge in [-0.15, -0.1) is 12.4 Å². The summed E-state index contributed by atoms with van der Waals surface area (Å²) in [7, 11) is 0. The fraction of sp³-hybridized carbons (Fsp3) is 0.588. The molecule has 1 amide bonds. The van der Waals surface area contributed by atoms with E-state index in [1.165, 1.54) is 5.56 Å². The fourth-order valence-corrected chi connectivity index (χ4v) is 3.45. The number of nitrogens with one attached hydrogen (secondary N) is 1. The highest BCUT2D eigenvalue weighted by Gasteiger charge is 2.26. The number of hydrogen-bond donors (Lipinski definition) is 1. The molecule has 2 heterocycles. The maximum atomic E-state index is 12.3. The van der Waals surface area contributed by atoms with Crippen LogP contribution in [0.1, 0.15) is 37.2 Å². The molecule has 0 aliphatic carbocycles. The van der Waals surface area contributed by atoms with Gasteiger partial charge in [-0.3, -0.25) is 4.79 Å². The van der Waals surface area contributed by atoms with Gasteiger partial charge in [0.25, 0.3) is 0 Å². The molecular weight excluding hydrogens is 284 g/mol. The Morgan fingerprint density at radius 3 is 2.48 bits per heavy atom. The summed E-state index contributed by atoms with van der Waals surface area (Å²) in [6.07, 6.45) is 4.12. The molecule has 1 N–H and O–H groups in total. The van der Waals surface area contributed by atoms with E-state index in [4.69, 9.17) is 0 Å². The zero-order valence-electron chi connectivity index (χ0n) is 12.5. The SMILES string of the molecule is Cl.O=C(CC1CCNC1)N1CCC(c2ccccc2)CC1. The van der Waals surface area contributed by atoms with Crippen LogP contribution in [0.25, 0.3) is 0 Å². The van der Waals surface area contributed by atoms with Gasteiger partial charge in [0.05, 0.1) is 0 Å². The standard InChI is InChI=1S/C17H24N2O.ClH/c20-17(12-14-6-9-18-13-14)19-10-7-16(8-11-19)15-4-2-1-3-5-15;/h1-5,14,16,18H,6-13H2;1H. The molecule has 1 unspecified atom stereocenters. The van der Waals surface area contributed by atoms with E-state index in [0.717, 1.165) is 51.9 Å². The highest BCUT2D eigenvalue weighted by atomic mass is 35.5. The van der Waals surface area contributed by atoms with Crippen molar-refractivity contribution >= 4 is 18.3 Å². The molecule has 0 radical (unpaired) electrons. The smallest absolute Gasteiger partial charge is 0.222 e. The summed E-state index contributed by atoms with van der Waals surface area (Å²) in [4.78, 5) is 14.4. The van der Waals surface area contributed by atoms with Crippen LogP contribution in [-0.2, 0) is 4.79 Å². The summed E-state index contributed by atoms with van der Waals surface area (Å²) < 4.78 is 0. The largest absolute Gasteiger partial charge is 0.343 e. The molecule has 21 heavy (non-hydrogen) atoms. The third kappa shape index (κ3) is 4.21. The summed E-state index contributed by atoms with van der Waals surface area (Å²) in [5.74, 6) is 1.56. The average molecular weight is 309 g/mol. The highest BCUT2D eigenvalue weighted by molar-refractivity contribution is 5.85. The van der Waals surface area contributed by atoms with Gasteiger partial charge in [0, 0.05) is 19.5 Å². The van der Waals surface area contributed by atoms with Crippen LogP contribution < -0.4 is 5.32 Å². The third-order valence-corrected chi connectivity index (χ3v) is 4.74. The van der Waals surface area contributed by atoms with Gasteiger partial charge >= 0.3 is 0 Å². The van der Waals surface area contributed by atoms with Crippen molar-refractivity contribution in [1.29, 1.82) is 0 Å². The fourth-order valence-electron chi connectivity index (χ4n) is 3.45. The van der Waals surface area contributed by atoms with Crippen molar-refractivity contribution in [2.45, 2.75) is 31.6 Å². The highest BCUT2D eigenvalue weighted by Crippen LogP contribution is 2.28. The van der Waals surface area contributed by atoms with Gasteiger partial charge in [-0.1, -0.05) is 30.3 Å². The number of nitrogens with zero attached hydrogens (tertiary/aromatic N) is 1. The first-order chi connectivity index (χ1) is 9.83. The van der Waals surface area contributed by atoms with Crippen LogP contribution in [0.2, 0.25) is 0 Å².